The third kappa shape index (κ3) is 2.86. The number of hydrogen-bond donors (Lipinski definition) is 1. The lowest BCUT2D eigenvalue weighted by atomic mass is 9.85. The Hall–Kier alpha value is -1.90. The number of nitrogens with zero attached hydrogens (tertiary/aromatic N) is 1. The van der Waals surface area contributed by atoms with Crippen LogP contribution in [0.2, 0.25) is 0 Å². The van der Waals surface area contributed by atoms with Gasteiger partial charge in [-0.1, -0.05) is 6.07 Å². The van der Waals surface area contributed by atoms with Crippen LogP contribution in [-0.2, 0) is 0 Å². The molecule has 96 valence electrons. The van der Waals surface area contributed by atoms with Gasteiger partial charge in [0.05, 0.1) is 0 Å². The molecule has 0 radical (unpaired) electrons. The molecule has 0 aliphatic heterocycles. The second kappa shape index (κ2) is 4.41. The van der Waals surface area contributed by atoms with Crippen LogP contribution in [0.4, 0.5) is 18.9 Å². The van der Waals surface area contributed by atoms with E-state index >= 15 is 0 Å². The highest BCUT2D eigenvalue weighted by molar-refractivity contribution is 5.51. The van der Waals surface area contributed by atoms with E-state index in [1.165, 1.54) is 18.2 Å². The van der Waals surface area contributed by atoms with E-state index in [-0.39, 0.29) is 5.75 Å². The Morgan fingerprint density at radius 3 is 2.56 bits per heavy atom. The van der Waals surface area contributed by atoms with Crippen molar-refractivity contribution in [2.24, 2.45) is 0 Å². The summed E-state index contributed by atoms with van der Waals surface area (Å²) in [5.41, 5.74) is -0.191. The predicted octanol–water partition coefficient (Wildman–Crippen LogP) is 3.80. The second-order valence-electron chi connectivity index (χ2n) is 4.20. The zero-order valence-corrected chi connectivity index (χ0v) is 9.42. The van der Waals surface area contributed by atoms with Gasteiger partial charge in [0, 0.05) is 24.6 Å². The number of hydrogen-bond acceptors (Lipinski definition) is 2. The zero-order valence-electron chi connectivity index (χ0n) is 9.42. The van der Waals surface area contributed by atoms with Crippen LogP contribution in [0.5, 0.6) is 5.75 Å². The molecule has 1 N–H and O–H groups in total. The molecule has 0 spiro atoms. The van der Waals surface area contributed by atoms with Crippen molar-refractivity contribution < 1.29 is 17.9 Å². The Morgan fingerprint density at radius 2 is 2.06 bits per heavy atom. The summed E-state index contributed by atoms with van der Waals surface area (Å²) in [4.78, 5) is 3.50. The first-order chi connectivity index (χ1) is 8.42. The standard InChI is InChI=1S/C12H11F3N2O/c1-16-11(6-3-7-11)17-9-4-2-5-10(8-9)18-12(13,14)15/h2,4-5,8,17H,3,6-7H2. The average Bonchev–Trinajstić information content (AvgIpc) is 2.21. The van der Waals surface area contributed by atoms with Crippen molar-refractivity contribution in [3.05, 3.63) is 35.7 Å². The fourth-order valence-electron chi connectivity index (χ4n) is 1.82. The largest absolute Gasteiger partial charge is 0.573 e. The fourth-order valence-corrected chi connectivity index (χ4v) is 1.82. The summed E-state index contributed by atoms with van der Waals surface area (Å²) in [5, 5.41) is 2.97. The maximum Gasteiger partial charge on any atom is 0.573 e. The van der Waals surface area contributed by atoms with E-state index in [2.05, 4.69) is 14.9 Å². The van der Waals surface area contributed by atoms with E-state index in [4.69, 9.17) is 6.57 Å². The van der Waals surface area contributed by atoms with Crippen LogP contribution < -0.4 is 10.1 Å². The molecule has 0 unspecified atom stereocenters. The van der Waals surface area contributed by atoms with E-state index in [0.29, 0.717) is 18.5 Å². The van der Waals surface area contributed by atoms with E-state index in [1.807, 2.05) is 0 Å². The molecule has 0 aromatic heterocycles. The maximum absolute atomic E-state index is 12.1. The minimum atomic E-state index is -4.70. The van der Waals surface area contributed by atoms with Gasteiger partial charge in [-0.2, -0.15) is 0 Å². The van der Waals surface area contributed by atoms with Crippen molar-refractivity contribution in [1.82, 2.24) is 0 Å². The lowest BCUT2D eigenvalue weighted by molar-refractivity contribution is -0.274. The average molecular weight is 256 g/mol. The Kier molecular flexibility index (Phi) is 3.07. The second-order valence-corrected chi connectivity index (χ2v) is 4.20. The Bertz CT molecular complexity index is 475. The minimum Gasteiger partial charge on any atom is -0.406 e. The number of rotatable bonds is 3. The van der Waals surface area contributed by atoms with Gasteiger partial charge in [-0.15, -0.1) is 13.2 Å². The third-order valence-electron chi connectivity index (χ3n) is 2.84. The van der Waals surface area contributed by atoms with Crippen molar-refractivity contribution in [3.8, 4) is 5.75 Å². The van der Waals surface area contributed by atoms with Crippen molar-refractivity contribution in [1.29, 1.82) is 0 Å². The molecule has 0 bridgehead atoms. The zero-order chi connectivity index (χ0) is 13.2. The number of anilines is 1. The summed E-state index contributed by atoms with van der Waals surface area (Å²) in [7, 11) is 0. The molecule has 0 saturated heterocycles. The van der Waals surface area contributed by atoms with Gasteiger partial charge in [0.25, 0.3) is 0 Å². The number of nitrogens with one attached hydrogen (secondary N) is 1. The first kappa shape index (κ1) is 12.6. The van der Waals surface area contributed by atoms with Crippen LogP contribution in [0.15, 0.2) is 24.3 Å². The summed E-state index contributed by atoms with van der Waals surface area (Å²) < 4.78 is 40.0. The van der Waals surface area contributed by atoms with Crippen molar-refractivity contribution in [2.45, 2.75) is 31.3 Å². The van der Waals surface area contributed by atoms with Gasteiger partial charge in [0.15, 0.2) is 0 Å². The summed E-state index contributed by atoms with van der Waals surface area (Å²) in [6.07, 6.45) is -2.33. The molecule has 1 aliphatic carbocycles. The molecule has 1 aliphatic rings. The number of benzene rings is 1. The van der Waals surface area contributed by atoms with Crippen molar-refractivity contribution in [2.75, 3.05) is 5.32 Å². The number of ether oxygens (including phenoxy) is 1. The Morgan fingerprint density at radius 1 is 1.33 bits per heavy atom. The molecule has 1 aromatic carbocycles. The van der Waals surface area contributed by atoms with Crippen LogP contribution in [-0.4, -0.2) is 12.0 Å². The van der Waals surface area contributed by atoms with Crippen LogP contribution in [0.1, 0.15) is 19.3 Å². The molecule has 0 atom stereocenters. The number of halogens is 3. The summed E-state index contributed by atoms with van der Waals surface area (Å²) in [6, 6.07) is 5.55. The van der Waals surface area contributed by atoms with Gasteiger partial charge in [-0.3, -0.25) is 4.85 Å². The monoisotopic (exact) mass is 256 g/mol. The quantitative estimate of drug-likeness (QED) is 0.832. The van der Waals surface area contributed by atoms with Gasteiger partial charge in [0.2, 0.25) is 0 Å². The van der Waals surface area contributed by atoms with Gasteiger partial charge in [0.1, 0.15) is 5.75 Å². The molecule has 0 amide bonds. The van der Waals surface area contributed by atoms with Gasteiger partial charge < -0.3 is 10.1 Å². The molecule has 3 nitrogen and oxygen atoms in total. The van der Waals surface area contributed by atoms with Crippen LogP contribution in [0, 0.1) is 6.57 Å². The van der Waals surface area contributed by atoms with Crippen molar-refractivity contribution in [3.63, 3.8) is 0 Å². The highest BCUT2D eigenvalue weighted by atomic mass is 19.4. The van der Waals surface area contributed by atoms with Crippen LogP contribution >= 0.6 is 0 Å². The lowest BCUT2D eigenvalue weighted by Crippen LogP contribution is -2.41. The van der Waals surface area contributed by atoms with Gasteiger partial charge in [-0.25, -0.2) is 6.57 Å². The molecule has 2 rings (SSSR count). The molecular formula is C12H11F3N2O. The first-order valence-electron chi connectivity index (χ1n) is 5.45. The van der Waals surface area contributed by atoms with E-state index < -0.39 is 12.0 Å². The first-order valence-corrected chi connectivity index (χ1v) is 5.45. The van der Waals surface area contributed by atoms with Gasteiger partial charge in [-0.05, 0) is 18.6 Å². The summed E-state index contributed by atoms with van der Waals surface area (Å²) >= 11 is 0. The molecule has 1 saturated carbocycles. The summed E-state index contributed by atoms with van der Waals surface area (Å²) in [5.74, 6) is -0.285. The lowest BCUT2D eigenvalue weighted by Gasteiger charge is -2.31. The molecule has 6 heteroatoms. The van der Waals surface area contributed by atoms with E-state index in [0.717, 1.165) is 6.42 Å². The van der Waals surface area contributed by atoms with Crippen molar-refractivity contribution >= 4 is 5.69 Å². The SMILES string of the molecule is [C-]#[N+]C1(Nc2cccc(OC(F)(F)F)c2)CCC1. The molecule has 18 heavy (non-hydrogen) atoms. The predicted molar refractivity (Wildman–Crippen MR) is 59.9 cm³/mol. The highest BCUT2D eigenvalue weighted by Gasteiger charge is 2.43. The van der Waals surface area contributed by atoms with Crippen LogP contribution in [0.3, 0.4) is 0 Å². The number of alkyl halides is 3. The third-order valence-corrected chi connectivity index (χ3v) is 2.84. The van der Waals surface area contributed by atoms with Crippen LogP contribution in [0.25, 0.3) is 4.85 Å². The smallest absolute Gasteiger partial charge is 0.406 e. The topological polar surface area (TPSA) is 25.6 Å². The van der Waals surface area contributed by atoms with E-state index in [9.17, 15) is 13.2 Å². The van der Waals surface area contributed by atoms with Gasteiger partial charge >= 0.3 is 12.0 Å². The normalized spacial score (nSPS) is 17.4. The summed E-state index contributed by atoms with van der Waals surface area (Å²) in [6.45, 7) is 7.11. The molecule has 1 fully saturated rings. The molecule has 0 heterocycles. The Balaban J connectivity index is 2.10. The highest BCUT2D eigenvalue weighted by Crippen LogP contribution is 2.37. The minimum absolute atomic E-state index is 0.285. The Labute approximate surface area is 102 Å². The van der Waals surface area contributed by atoms with E-state index in [1.54, 1.807) is 6.07 Å². The molecular weight excluding hydrogens is 245 g/mol. The fraction of sp³-hybridized carbons (Fsp3) is 0.417. The maximum atomic E-state index is 12.1. The molecule has 1 aromatic rings.